The van der Waals surface area contributed by atoms with Crippen molar-refractivity contribution in [2.45, 2.75) is 13.5 Å². The maximum Gasteiger partial charge on any atom is 0.337 e. The van der Waals surface area contributed by atoms with Gasteiger partial charge in [-0.15, -0.1) is 5.10 Å². The summed E-state index contributed by atoms with van der Waals surface area (Å²) < 4.78 is 17.8. The molecule has 4 aromatic rings. The van der Waals surface area contributed by atoms with E-state index in [-0.39, 0.29) is 5.97 Å². The van der Waals surface area contributed by atoms with Crippen LogP contribution in [0.15, 0.2) is 48.5 Å². The second-order valence-corrected chi connectivity index (χ2v) is 8.04. The third kappa shape index (κ3) is 4.78. The summed E-state index contributed by atoms with van der Waals surface area (Å²) in [4.78, 5) is 23.7. The molecule has 0 amide bonds. The lowest BCUT2D eigenvalue weighted by molar-refractivity contribution is 0.0600. The van der Waals surface area contributed by atoms with Gasteiger partial charge < -0.3 is 19.1 Å². The number of anilines is 1. The molecule has 5 rings (SSSR count). The van der Waals surface area contributed by atoms with Crippen LogP contribution in [0.2, 0.25) is 0 Å². The number of morpholine rings is 1. The van der Waals surface area contributed by atoms with Crippen LogP contribution in [-0.2, 0) is 16.0 Å². The molecule has 0 atom stereocenters. The number of hydrogen-bond donors (Lipinski definition) is 0. The van der Waals surface area contributed by atoms with Gasteiger partial charge in [-0.1, -0.05) is 29.5 Å². The Bertz CT molecular complexity index is 1330. The summed E-state index contributed by atoms with van der Waals surface area (Å²) >= 11 is 0. The normalized spacial score (nSPS) is 13.7. The van der Waals surface area contributed by atoms with E-state index in [0.29, 0.717) is 62.0 Å². The number of rotatable bonds is 7. The van der Waals surface area contributed by atoms with E-state index in [0.717, 1.165) is 22.7 Å². The quantitative estimate of drug-likeness (QED) is 0.374. The fourth-order valence-electron chi connectivity index (χ4n) is 4.00. The average molecular weight is 475 g/mol. The first-order valence-electron chi connectivity index (χ1n) is 11.5. The summed E-state index contributed by atoms with van der Waals surface area (Å²) in [5, 5.41) is 8.83. The number of carbonyl (C=O) groups excluding carboxylic acids is 1. The summed E-state index contributed by atoms with van der Waals surface area (Å²) in [6, 6.07) is 15.0. The molecule has 0 N–H and O–H groups in total. The Kier molecular flexibility index (Phi) is 6.53. The third-order valence-corrected chi connectivity index (χ3v) is 5.77. The minimum Gasteiger partial charge on any atom is -0.494 e. The Morgan fingerprint density at radius 1 is 1.09 bits per heavy atom. The predicted octanol–water partition coefficient (Wildman–Crippen LogP) is 2.96. The zero-order valence-electron chi connectivity index (χ0n) is 19.7. The SMILES string of the molecule is CCOc1cccc(-c2nc(N3CCOCC3)c3nnn(Cc4ccc(C(=O)OC)cc4)c3n2)c1. The lowest BCUT2D eigenvalue weighted by atomic mass is 10.1. The topological polar surface area (TPSA) is 104 Å². The van der Waals surface area contributed by atoms with Crippen LogP contribution in [0, 0.1) is 0 Å². The number of aromatic nitrogens is 5. The molecule has 1 saturated heterocycles. The highest BCUT2D eigenvalue weighted by molar-refractivity contribution is 5.89. The van der Waals surface area contributed by atoms with Crippen LogP contribution in [0.4, 0.5) is 5.82 Å². The largest absolute Gasteiger partial charge is 0.494 e. The van der Waals surface area contributed by atoms with Crippen LogP contribution in [0.5, 0.6) is 5.75 Å². The lowest BCUT2D eigenvalue weighted by Gasteiger charge is -2.28. The molecule has 0 spiro atoms. The van der Waals surface area contributed by atoms with Crippen LogP contribution in [0.25, 0.3) is 22.6 Å². The van der Waals surface area contributed by atoms with E-state index < -0.39 is 0 Å². The van der Waals surface area contributed by atoms with Gasteiger partial charge in [-0.3, -0.25) is 0 Å². The number of hydrogen-bond acceptors (Lipinski definition) is 9. The zero-order valence-corrected chi connectivity index (χ0v) is 19.7. The van der Waals surface area contributed by atoms with Gasteiger partial charge in [0.05, 0.1) is 39.0 Å². The van der Waals surface area contributed by atoms with Crippen molar-refractivity contribution in [2.24, 2.45) is 0 Å². The van der Waals surface area contributed by atoms with Crippen molar-refractivity contribution < 1.29 is 19.0 Å². The third-order valence-electron chi connectivity index (χ3n) is 5.77. The maximum atomic E-state index is 11.8. The fourth-order valence-corrected chi connectivity index (χ4v) is 4.00. The van der Waals surface area contributed by atoms with E-state index in [9.17, 15) is 4.79 Å². The summed E-state index contributed by atoms with van der Waals surface area (Å²) in [7, 11) is 1.37. The molecule has 0 bridgehead atoms. The summed E-state index contributed by atoms with van der Waals surface area (Å²) in [6.07, 6.45) is 0. The molecule has 1 aliphatic heterocycles. The van der Waals surface area contributed by atoms with Gasteiger partial charge in [-0.2, -0.15) is 0 Å². The molecule has 0 unspecified atom stereocenters. The van der Waals surface area contributed by atoms with E-state index >= 15 is 0 Å². The Labute approximate surface area is 202 Å². The summed E-state index contributed by atoms with van der Waals surface area (Å²) in [6.45, 7) is 5.65. The molecule has 1 aliphatic rings. The molecule has 10 nitrogen and oxygen atoms in total. The standard InChI is InChI=1S/C25H26N6O4/c1-3-35-20-6-4-5-19(15-20)22-26-23(30-11-13-34-14-12-30)21-24(27-22)31(29-28-21)16-17-7-9-18(10-8-17)25(32)33-2/h4-10,15H,3,11-14,16H2,1-2H3. The Hall–Kier alpha value is -4.05. The number of carbonyl (C=O) groups is 1. The minimum atomic E-state index is -0.371. The number of fused-ring (bicyclic) bond motifs is 1. The van der Waals surface area contributed by atoms with Crippen LogP contribution >= 0.6 is 0 Å². The zero-order chi connectivity index (χ0) is 24.2. The predicted molar refractivity (Wildman–Crippen MR) is 130 cm³/mol. The van der Waals surface area contributed by atoms with Gasteiger partial charge >= 0.3 is 5.97 Å². The van der Waals surface area contributed by atoms with E-state index in [2.05, 4.69) is 15.2 Å². The van der Waals surface area contributed by atoms with Crippen LogP contribution in [0.3, 0.4) is 0 Å². The molecule has 2 aromatic heterocycles. The number of ether oxygens (including phenoxy) is 3. The molecule has 0 saturated carbocycles. The molecule has 0 aliphatic carbocycles. The molecule has 180 valence electrons. The first-order valence-corrected chi connectivity index (χ1v) is 11.5. The molecule has 35 heavy (non-hydrogen) atoms. The van der Waals surface area contributed by atoms with Gasteiger partial charge in [0.25, 0.3) is 0 Å². The Morgan fingerprint density at radius 3 is 2.63 bits per heavy atom. The Balaban J connectivity index is 1.56. The summed E-state index contributed by atoms with van der Waals surface area (Å²) in [5.74, 6) is 1.70. The van der Waals surface area contributed by atoms with Gasteiger partial charge in [0.1, 0.15) is 5.75 Å². The number of benzene rings is 2. The second kappa shape index (κ2) is 10.1. The van der Waals surface area contributed by atoms with E-state index in [4.69, 9.17) is 24.2 Å². The van der Waals surface area contributed by atoms with Crippen molar-refractivity contribution in [1.29, 1.82) is 0 Å². The smallest absolute Gasteiger partial charge is 0.337 e. The van der Waals surface area contributed by atoms with Gasteiger partial charge in [0.15, 0.2) is 22.8 Å². The van der Waals surface area contributed by atoms with Crippen molar-refractivity contribution in [1.82, 2.24) is 25.0 Å². The van der Waals surface area contributed by atoms with Gasteiger partial charge in [0.2, 0.25) is 0 Å². The first kappa shape index (κ1) is 22.7. The number of methoxy groups -OCH3 is 1. The first-order chi connectivity index (χ1) is 17.2. The van der Waals surface area contributed by atoms with Crippen LogP contribution < -0.4 is 9.64 Å². The molecular weight excluding hydrogens is 448 g/mol. The highest BCUT2D eigenvalue weighted by Crippen LogP contribution is 2.28. The van der Waals surface area contributed by atoms with Crippen molar-refractivity contribution in [3.8, 4) is 17.1 Å². The van der Waals surface area contributed by atoms with E-state index in [1.165, 1.54) is 7.11 Å². The van der Waals surface area contributed by atoms with Crippen molar-refractivity contribution in [3.63, 3.8) is 0 Å². The Morgan fingerprint density at radius 2 is 1.89 bits per heavy atom. The average Bonchev–Trinajstić information content (AvgIpc) is 3.31. The fraction of sp³-hybridized carbons (Fsp3) is 0.320. The number of nitrogens with zero attached hydrogens (tertiary/aromatic N) is 6. The van der Waals surface area contributed by atoms with Crippen molar-refractivity contribution in [2.75, 3.05) is 44.9 Å². The van der Waals surface area contributed by atoms with Gasteiger partial charge in [0, 0.05) is 18.7 Å². The molecule has 10 heteroatoms. The minimum absolute atomic E-state index is 0.371. The highest BCUT2D eigenvalue weighted by atomic mass is 16.5. The van der Waals surface area contributed by atoms with Crippen molar-refractivity contribution >= 4 is 23.0 Å². The van der Waals surface area contributed by atoms with E-state index in [1.54, 1.807) is 16.8 Å². The maximum absolute atomic E-state index is 11.8. The monoisotopic (exact) mass is 474 g/mol. The van der Waals surface area contributed by atoms with Crippen molar-refractivity contribution in [3.05, 3.63) is 59.7 Å². The molecular formula is C25H26N6O4. The van der Waals surface area contributed by atoms with Crippen LogP contribution in [-0.4, -0.2) is 71.0 Å². The van der Waals surface area contributed by atoms with Gasteiger partial charge in [-0.05, 0) is 36.8 Å². The molecule has 2 aromatic carbocycles. The summed E-state index contributed by atoms with van der Waals surface area (Å²) in [5.41, 5.74) is 3.57. The number of esters is 1. The van der Waals surface area contributed by atoms with E-state index in [1.807, 2.05) is 43.3 Å². The van der Waals surface area contributed by atoms with Gasteiger partial charge in [-0.25, -0.2) is 19.4 Å². The second-order valence-electron chi connectivity index (χ2n) is 8.04. The highest BCUT2D eigenvalue weighted by Gasteiger charge is 2.22. The molecule has 3 heterocycles. The molecule has 1 fully saturated rings. The molecule has 0 radical (unpaired) electrons. The lowest BCUT2D eigenvalue weighted by Crippen LogP contribution is -2.37. The van der Waals surface area contributed by atoms with Crippen LogP contribution in [0.1, 0.15) is 22.8 Å².